The van der Waals surface area contributed by atoms with Crippen LogP contribution < -0.4 is 4.74 Å². The summed E-state index contributed by atoms with van der Waals surface area (Å²) in [5.41, 5.74) is 3.90. The highest BCUT2D eigenvalue weighted by molar-refractivity contribution is 6.17. The van der Waals surface area contributed by atoms with Crippen molar-refractivity contribution in [2.24, 2.45) is 0 Å². The minimum Gasteiger partial charge on any atom is -0.496 e. The van der Waals surface area contributed by atoms with Crippen LogP contribution in [-0.4, -0.2) is 38.0 Å². The van der Waals surface area contributed by atoms with Gasteiger partial charge in [-0.2, -0.15) is 0 Å². The summed E-state index contributed by atoms with van der Waals surface area (Å²) >= 11 is 5.70. The first kappa shape index (κ1) is 15.3. The number of hydrogen-bond acceptors (Lipinski definition) is 2. The molecule has 1 aromatic rings. The lowest BCUT2D eigenvalue weighted by Crippen LogP contribution is -2.22. The van der Waals surface area contributed by atoms with Crippen molar-refractivity contribution in [3.8, 4) is 5.75 Å². The summed E-state index contributed by atoms with van der Waals surface area (Å²) in [6.45, 7) is 6.36. The van der Waals surface area contributed by atoms with E-state index in [2.05, 4.69) is 37.9 Å². The van der Waals surface area contributed by atoms with E-state index < -0.39 is 0 Å². The van der Waals surface area contributed by atoms with E-state index >= 15 is 0 Å². The lowest BCUT2D eigenvalue weighted by Gasteiger charge is -2.17. The molecule has 0 atom stereocenters. The first-order chi connectivity index (χ1) is 8.58. The van der Waals surface area contributed by atoms with Crippen molar-refractivity contribution in [2.75, 3.05) is 33.1 Å². The van der Waals surface area contributed by atoms with E-state index in [0.717, 1.165) is 37.6 Å². The largest absolute Gasteiger partial charge is 0.496 e. The number of hydrogen-bond donors (Lipinski definition) is 0. The summed E-state index contributed by atoms with van der Waals surface area (Å²) in [6.07, 6.45) is 2.06. The second-order valence-corrected chi connectivity index (χ2v) is 5.22. The van der Waals surface area contributed by atoms with Crippen molar-refractivity contribution in [1.82, 2.24) is 4.90 Å². The summed E-state index contributed by atoms with van der Waals surface area (Å²) < 4.78 is 5.45. The number of benzene rings is 1. The van der Waals surface area contributed by atoms with Crippen LogP contribution in [0.3, 0.4) is 0 Å². The van der Waals surface area contributed by atoms with Gasteiger partial charge in [0.05, 0.1) is 7.11 Å². The van der Waals surface area contributed by atoms with Crippen molar-refractivity contribution >= 4 is 11.6 Å². The highest BCUT2D eigenvalue weighted by Crippen LogP contribution is 2.23. The second-order valence-electron chi connectivity index (χ2n) is 4.84. The number of alkyl halides is 1. The molecule has 0 aliphatic heterocycles. The Morgan fingerprint density at radius 2 is 1.83 bits per heavy atom. The van der Waals surface area contributed by atoms with E-state index in [0.29, 0.717) is 0 Å². The second kappa shape index (κ2) is 7.65. The molecule has 1 aromatic carbocycles. The van der Waals surface area contributed by atoms with Gasteiger partial charge in [-0.3, -0.25) is 0 Å². The van der Waals surface area contributed by atoms with E-state index in [9.17, 15) is 0 Å². The first-order valence-corrected chi connectivity index (χ1v) is 7.00. The Balaban J connectivity index is 2.63. The van der Waals surface area contributed by atoms with Crippen molar-refractivity contribution in [1.29, 1.82) is 0 Å². The van der Waals surface area contributed by atoms with Crippen LogP contribution in [0.5, 0.6) is 5.75 Å². The van der Waals surface area contributed by atoms with Crippen molar-refractivity contribution in [3.63, 3.8) is 0 Å². The Morgan fingerprint density at radius 1 is 1.17 bits per heavy atom. The van der Waals surface area contributed by atoms with E-state index in [-0.39, 0.29) is 0 Å². The van der Waals surface area contributed by atoms with E-state index in [1.165, 1.54) is 16.7 Å². The molecule has 0 aliphatic carbocycles. The SMILES string of the molecule is COc1cc(C)c(C)cc1CCN(C)CCCCl. The van der Waals surface area contributed by atoms with Gasteiger partial charge in [0.2, 0.25) is 0 Å². The molecule has 0 spiro atoms. The molecule has 1 rings (SSSR count). The van der Waals surface area contributed by atoms with Crippen LogP contribution in [0, 0.1) is 13.8 Å². The van der Waals surface area contributed by atoms with Crippen LogP contribution in [0.25, 0.3) is 0 Å². The third kappa shape index (κ3) is 4.51. The number of ether oxygens (including phenoxy) is 1. The molecule has 0 unspecified atom stereocenters. The average molecular weight is 270 g/mol. The van der Waals surface area contributed by atoms with Gasteiger partial charge in [-0.15, -0.1) is 11.6 Å². The van der Waals surface area contributed by atoms with Gasteiger partial charge in [0.1, 0.15) is 5.75 Å². The van der Waals surface area contributed by atoms with Gasteiger partial charge >= 0.3 is 0 Å². The van der Waals surface area contributed by atoms with Gasteiger partial charge in [0, 0.05) is 12.4 Å². The van der Waals surface area contributed by atoms with Crippen LogP contribution in [0.15, 0.2) is 12.1 Å². The molecule has 2 nitrogen and oxygen atoms in total. The standard InChI is InChI=1S/C15H24ClNO/c1-12-10-14(15(18-4)11-13(12)2)6-9-17(3)8-5-7-16/h10-11H,5-9H2,1-4H3. The molecule has 0 aromatic heterocycles. The average Bonchev–Trinajstić information content (AvgIpc) is 2.37. The molecule has 3 heteroatoms. The molecule has 0 bridgehead atoms. The molecule has 0 saturated heterocycles. The van der Waals surface area contributed by atoms with E-state index in [4.69, 9.17) is 16.3 Å². The fourth-order valence-corrected chi connectivity index (χ4v) is 2.11. The highest BCUT2D eigenvalue weighted by atomic mass is 35.5. The summed E-state index contributed by atoms with van der Waals surface area (Å²) in [4.78, 5) is 2.32. The predicted molar refractivity (Wildman–Crippen MR) is 79.0 cm³/mol. The van der Waals surface area contributed by atoms with Crippen molar-refractivity contribution in [2.45, 2.75) is 26.7 Å². The summed E-state index contributed by atoms with van der Waals surface area (Å²) in [5, 5.41) is 0. The van der Waals surface area contributed by atoms with Gasteiger partial charge in [-0.05, 0) is 63.0 Å². The monoisotopic (exact) mass is 269 g/mol. The minimum atomic E-state index is 0.733. The highest BCUT2D eigenvalue weighted by Gasteiger charge is 2.07. The van der Waals surface area contributed by atoms with Gasteiger partial charge in [-0.25, -0.2) is 0 Å². The van der Waals surface area contributed by atoms with Crippen LogP contribution in [0.2, 0.25) is 0 Å². The quantitative estimate of drug-likeness (QED) is 0.704. The van der Waals surface area contributed by atoms with E-state index in [1.807, 2.05) is 0 Å². The van der Waals surface area contributed by atoms with Crippen LogP contribution in [0.1, 0.15) is 23.1 Å². The van der Waals surface area contributed by atoms with Gasteiger partial charge < -0.3 is 9.64 Å². The Kier molecular flexibility index (Phi) is 6.51. The molecule has 0 aliphatic rings. The molecule has 102 valence electrons. The first-order valence-electron chi connectivity index (χ1n) is 6.47. The molecule has 0 heterocycles. The zero-order valence-electron chi connectivity index (χ0n) is 11.9. The molecular weight excluding hydrogens is 246 g/mol. The Bertz CT molecular complexity index is 379. The maximum Gasteiger partial charge on any atom is 0.122 e. The zero-order valence-corrected chi connectivity index (χ0v) is 12.7. The molecule has 0 N–H and O–H groups in total. The molecule has 0 radical (unpaired) electrons. The molecular formula is C15H24ClNO. The lowest BCUT2D eigenvalue weighted by atomic mass is 10.0. The van der Waals surface area contributed by atoms with Crippen LogP contribution in [-0.2, 0) is 6.42 Å². The lowest BCUT2D eigenvalue weighted by molar-refractivity contribution is 0.336. The summed E-state index contributed by atoms with van der Waals surface area (Å²) in [7, 11) is 3.88. The van der Waals surface area contributed by atoms with Crippen LogP contribution in [0.4, 0.5) is 0 Å². The Labute approximate surface area is 116 Å². The third-order valence-electron chi connectivity index (χ3n) is 3.33. The van der Waals surface area contributed by atoms with Gasteiger partial charge in [0.25, 0.3) is 0 Å². The molecule has 0 fully saturated rings. The predicted octanol–water partition coefficient (Wildman–Crippen LogP) is 3.42. The number of aryl methyl sites for hydroxylation is 2. The summed E-state index contributed by atoms with van der Waals surface area (Å²) in [6, 6.07) is 4.37. The molecule has 0 saturated carbocycles. The fraction of sp³-hybridized carbons (Fsp3) is 0.600. The van der Waals surface area contributed by atoms with Gasteiger partial charge in [-0.1, -0.05) is 6.07 Å². The molecule has 18 heavy (non-hydrogen) atoms. The van der Waals surface area contributed by atoms with Crippen LogP contribution >= 0.6 is 11.6 Å². The Morgan fingerprint density at radius 3 is 2.44 bits per heavy atom. The number of likely N-dealkylation sites (N-methyl/N-ethyl adjacent to an activating group) is 1. The normalized spacial score (nSPS) is 11.0. The Hall–Kier alpha value is -0.730. The summed E-state index contributed by atoms with van der Waals surface area (Å²) in [5.74, 6) is 1.74. The van der Waals surface area contributed by atoms with E-state index in [1.54, 1.807) is 7.11 Å². The van der Waals surface area contributed by atoms with Crippen molar-refractivity contribution in [3.05, 3.63) is 28.8 Å². The zero-order chi connectivity index (χ0) is 13.5. The minimum absolute atomic E-state index is 0.733. The maximum atomic E-state index is 5.70. The number of methoxy groups -OCH3 is 1. The van der Waals surface area contributed by atoms with Crippen molar-refractivity contribution < 1.29 is 4.74 Å². The number of nitrogens with zero attached hydrogens (tertiary/aromatic N) is 1. The maximum absolute atomic E-state index is 5.70. The smallest absolute Gasteiger partial charge is 0.122 e. The third-order valence-corrected chi connectivity index (χ3v) is 3.60. The fourth-order valence-electron chi connectivity index (χ4n) is 1.99. The number of halogens is 1. The molecule has 0 amide bonds. The number of rotatable bonds is 7. The van der Waals surface area contributed by atoms with Gasteiger partial charge in [0.15, 0.2) is 0 Å². The topological polar surface area (TPSA) is 12.5 Å².